The van der Waals surface area contributed by atoms with Crippen molar-refractivity contribution in [3.63, 3.8) is 0 Å². The molecule has 0 amide bonds. The number of unbranched alkanes of at least 4 members (excludes halogenated alkanes) is 4. The summed E-state index contributed by atoms with van der Waals surface area (Å²) in [6.07, 6.45) is 12.8. The van der Waals surface area contributed by atoms with Gasteiger partial charge < -0.3 is 0 Å². The Hall–Kier alpha value is 0.0200. The Morgan fingerprint density at radius 3 is 2.53 bits per heavy atom. The molecular weight excluding hydrogens is 204 g/mol. The van der Waals surface area contributed by atoms with E-state index in [0.29, 0.717) is 5.78 Å². The summed E-state index contributed by atoms with van der Waals surface area (Å²) in [5.74, 6) is 0.519. The lowest BCUT2D eigenvalue weighted by Gasteiger charge is -2.24. The summed E-state index contributed by atoms with van der Waals surface area (Å²) in [6, 6.07) is 0. The second-order valence-corrected chi connectivity index (χ2v) is 5.83. The van der Waals surface area contributed by atoms with Crippen LogP contribution in [0, 0.1) is 0 Å². The molecule has 1 atom stereocenters. The molecule has 0 bridgehead atoms. The minimum atomic E-state index is 0.0201. The van der Waals surface area contributed by atoms with Gasteiger partial charge in [0.25, 0.3) is 0 Å². The molecule has 15 heavy (non-hydrogen) atoms. The van der Waals surface area contributed by atoms with E-state index in [4.69, 9.17) is 0 Å². The molecule has 2 heteroatoms. The highest BCUT2D eigenvalue weighted by Crippen LogP contribution is 2.41. The molecule has 88 valence electrons. The second kappa shape index (κ2) is 6.57. The maximum atomic E-state index is 11.8. The number of carbonyl (C=O) groups is 1. The topological polar surface area (TPSA) is 17.1 Å². The zero-order chi connectivity index (χ0) is 11.1. The molecule has 1 rings (SSSR count). The average Bonchev–Trinajstić information content (AvgIpc) is 2.61. The van der Waals surface area contributed by atoms with Crippen LogP contribution in [0.1, 0.15) is 64.7 Å². The van der Waals surface area contributed by atoms with Crippen molar-refractivity contribution in [3.8, 4) is 0 Å². The van der Waals surface area contributed by atoms with Gasteiger partial charge in [-0.15, -0.1) is 0 Å². The largest absolute Gasteiger partial charge is 0.298 e. The van der Waals surface area contributed by atoms with E-state index in [1.165, 1.54) is 32.1 Å². The Morgan fingerprint density at radius 1 is 1.27 bits per heavy atom. The molecule has 0 N–H and O–H groups in total. The lowest BCUT2D eigenvalue weighted by atomic mass is 9.97. The summed E-state index contributed by atoms with van der Waals surface area (Å²) in [6.45, 7) is 2.24. The Bertz CT molecular complexity index is 203. The zero-order valence-electron chi connectivity index (χ0n) is 10.2. The van der Waals surface area contributed by atoms with Crippen LogP contribution < -0.4 is 0 Å². The van der Waals surface area contributed by atoms with E-state index in [1.807, 2.05) is 0 Å². The molecule has 0 spiro atoms. The van der Waals surface area contributed by atoms with E-state index >= 15 is 0 Å². The van der Waals surface area contributed by atoms with Crippen LogP contribution in [-0.2, 0) is 4.79 Å². The molecule has 1 unspecified atom stereocenters. The van der Waals surface area contributed by atoms with Crippen LogP contribution in [0.2, 0.25) is 0 Å². The van der Waals surface area contributed by atoms with E-state index in [9.17, 15) is 4.79 Å². The Kier molecular flexibility index (Phi) is 5.73. The Labute approximate surface area is 98.4 Å². The number of ketones is 1. The molecule has 0 saturated heterocycles. The van der Waals surface area contributed by atoms with Crippen molar-refractivity contribution in [2.24, 2.45) is 0 Å². The number of hydrogen-bond donors (Lipinski definition) is 0. The molecule has 1 nitrogen and oxygen atoms in total. The van der Waals surface area contributed by atoms with E-state index in [1.54, 1.807) is 11.8 Å². The van der Waals surface area contributed by atoms with Crippen molar-refractivity contribution in [3.05, 3.63) is 0 Å². The third kappa shape index (κ3) is 3.51. The quantitative estimate of drug-likeness (QED) is 0.607. The van der Waals surface area contributed by atoms with Gasteiger partial charge in [0.05, 0.1) is 4.75 Å². The van der Waals surface area contributed by atoms with Gasteiger partial charge in [-0.25, -0.2) is 0 Å². The molecule has 0 aromatic rings. The monoisotopic (exact) mass is 228 g/mol. The highest BCUT2D eigenvalue weighted by Gasteiger charge is 2.40. The van der Waals surface area contributed by atoms with Gasteiger partial charge in [-0.05, 0) is 25.5 Å². The summed E-state index contributed by atoms with van der Waals surface area (Å²) in [5.41, 5.74) is 0. The van der Waals surface area contributed by atoms with E-state index in [-0.39, 0.29) is 4.75 Å². The maximum absolute atomic E-state index is 11.8. The van der Waals surface area contributed by atoms with Crippen LogP contribution in [0.25, 0.3) is 0 Å². The highest BCUT2D eigenvalue weighted by molar-refractivity contribution is 8.00. The lowest BCUT2D eigenvalue weighted by Crippen LogP contribution is -2.29. The van der Waals surface area contributed by atoms with Crippen LogP contribution in [0.5, 0.6) is 0 Å². The molecule has 1 aliphatic carbocycles. The number of hydrogen-bond acceptors (Lipinski definition) is 2. The SMILES string of the molecule is CCCCCCCC1(SC)CCCC1=O. The van der Waals surface area contributed by atoms with Crippen LogP contribution in [0.3, 0.4) is 0 Å². The summed E-state index contributed by atoms with van der Waals surface area (Å²) < 4.78 is 0.0201. The molecule has 1 aliphatic rings. The molecular formula is C13H24OS. The zero-order valence-corrected chi connectivity index (χ0v) is 11.0. The van der Waals surface area contributed by atoms with Crippen molar-refractivity contribution >= 4 is 17.5 Å². The number of carbonyl (C=O) groups excluding carboxylic acids is 1. The van der Waals surface area contributed by atoms with E-state index < -0.39 is 0 Å². The third-order valence-corrected chi connectivity index (χ3v) is 4.98. The molecule has 0 aliphatic heterocycles. The first kappa shape index (κ1) is 13.1. The van der Waals surface area contributed by atoms with Crippen molar-refractivity contribution in [2.75, 3.05) is 6.26 Å². The summed E-state index contributed by atoms with van der Waals surface area (Å²) >= 11 is 1.80. The van der Waals surface area contributed by atoms with Gasteiger partial charge in [0.1, 0.15) is 5.78 Å². The Morgan fingerprint density at radius 2 is 2.00 bits per heavy atom. The van der Waals surface area contributed by atoms with E-state index in [0.717, 1.165) is 25.7 Å². The fourth-order valence-electron chi connectivity index (χ4n) is 2.50. The first-order valence-corrected chi connectivity index (χ1v) is 7.56. The first-order valence-electron chi connectivity index (χ1n) is 6.33. The van der Waals surface area contributed by atoms with Gasteiger partial charge in [-0.2, -0.15) is 11.8 Å². The number of thioether (sulfide) groups is 1. The Balaban J connectivity index is 2.25. The normalized spacial score (nSPS) is 26.1. The van der Waals surface area contributed by atoms with Crippen LogP contribution in [0.15, 0.2) is 0 Å². The van der Waals surface area contributed by atoms with Crippen LogP contribution >= 0.6 is 11.8 Å². The minimum Gasteiger partial charge on any atom is -0.298 e. The first-order chi connectivity index (χ1) is 7.25. The predicted octanol–water partition coefficient (Wildman–Crippen LogP) is 4.20. The molecule has 1 saturated carbocycles. The molecule has 0 radical (unpaired) electrons. The van der Waals surface area contributed by atoms with Crippen molar-refractivity contribution in [1.82, 2.24) is 0 Å². The molecule has 1 fully saturated rings. The average molecular weight is 228 g/mol. The highest BCUT2D eigenvalue weighted by atomic mass is 32.2. The molecule has 0 aromatic carbocycles. The van der Waals surface area contributed by atoms with Gasteiger partial charge in [0.15, 0.2) is 0 Å². The molecule has 0 aromatic heterocycles. The predicted molar refractivity (Wildman–Crippen MR) is 68.5 cm³/mol. The van der Waals surface area contributed by atoms with Crippen LogP contribution in [0.4, 0.5) is 0 Å². The van der Waals surface area contributed by atoms with Gasteiger partial charge in [-0.3, -0.25) is 4.79 Å². The summed E-state index contributed by atoms with van der Waals surface area (Å²) in [4.78, 5) is 11.8. The number of Topliss-reactive ketones (excluding diaryl/α,β-unsaturated/α-hetero) is 1. The van der Waals surface area contributed by atoms with E-state index in [2.05, 4.69) is 13.2 Å². The van der Waals surface area contributed by atoms with Crippen LogP contribution in [-0.4, -0.2) is 16.8 Å². The standard InChI is InChI=1S/C13H24OS/c1-3-4-5-6-7-10-13(15-2)11-8-9-12(13)14/h3-11H2,1-2H3. The fourth-order valence-corrected chi connectivity index (χ4v) is 3.52. The van der Waals surface area contributed by atoms with Gasteiger partial charge >= 0.3 is 0 Å². The van der Waals surface area contributed by atoms with Gasteiger partial charge in [0, 0.05) is 6.42 Å². The summed E-state index contributed by atoms with van der Waals surface area (Å²) in [7, 11) is 0. The smallest absolute Gasteiger partial charge is 0.148 e. The van der Waals surface area contributed by atoms with Gasteiger partial charge in [-0.1, -0.05) is 39.0 Å². The van der Waals surface area contributed by atoms with Crippen molar-refractivity contribution in [1.29, 1.82) is 0 Å². The fraction of sp³-hybridized carbons (Fsp3) is 0.923. The lowest BCUT2D eigenvalue weighted by molar-refractivity contribution is -0.119. The molecule has 0 heterocycles. The summed E-state index contributed by atoms with van der Waals surface area (Å²) in [5, 5.41) is 0. The van der Waals surface area contributed by atoms with Crippen molar-refractivity contribution < 1.29 is 4.79 Å². The van der Waals surface area contributed by atoms with Gasteiger partial charge in [0.2, 0.25) is 0 Å². The third-order valence-electron chi connectivity index (χ3n) is 3.57. The maximum Gasteiger partial charge on any atom is 0.148 e. The minimum absolute atomic E-state index is 0.0201. The van der Waals surface area contributed by atoms with Crippen molar-refractivity contribution in [2.45, 2.75) is 69.5 Å². The second-order valence-electron chi connectivity index (χ2n) is 4.64. The number of rotatable bonds is 7.